The minimum absolute atomic E-state index is 0.0212. The standard InChI is InChI=1S/C37H44F6N4O2/c1-21(2)49-26-19-44-34(45-20-26)47-15-11-24(12-16-47)33-31(32(38)23-5-7-25(8-6-23)37(41,42)43)29(22-9-13-36(39,40)14-10-22)30-27(46-33)17-35(3,4)18-28(30)48/h5-8,19-22,24,28,32,48H,9-18H2,1-4H3/t28-,32?/m0/s1. The Labute approximate surface area is 283 Å². The van der Waals surface area contributed by atoms with E-state index in [4.69, 9.17) is 9.72 Å². The number of rotatable bonds is 7. The quantitative estimate of drug-likeness (QED) is 0.249. The van der Waals surface area contributed by atoms with Crippen molar-refractivity contribution in [2.75, 3.05) is 18.0 Å². The topological polar surface area (TPSA) is 71.4 Å². The van der Waals surface area contributed by atoms with Gasteiger partial charge in [0.2, 0.25) is 11.9 Å². The number of ether oxygens (including phenoxy) is 1. The summed E-state index contributed by atoms with van der Waals surface area (Å²) >= 11 is 0. The van der Waals surface area contributed by atoms with Gasteiger partial charge >= 0.3 is 6.18 Å². The molecule has 2 aliphatic carbocycles. The minimum Gasteiger partial charge on any atom is -0.488 e. The number of pyridine rings is 1. The Morgan fingerprint density at radius 3 is 2.10 bits per heavy atom. The predicted molar refractivity (Wildman–Crippen MR) is 174 cm³/mol. The van der Waals surface area contributed by atoms with E-state index in [1.165, 1.54) is 0 Å². The van der Waals surface area contributed by atoms with Crippen LogP contribution in [0.4, 0.5) is 32.3 Å². The first-order chi connectivity index (χ1) is 23.0. The van der Waals surface area contributed by atoms with Crippen molar-refractivity contribution in [3.63, 3.8) is 0 Å². The lowest BCUT2D eigenvalue weighted by molar-refractivity contribution is -0.137. The first-order valence-corrected chi connectivity index (χ1v) is 17.2. The second kappa shape index (κ2) is 13.4. The molecule has 2 aromatic heterocycles. The maximum Gasteiger partial charge on any atom is 0.416 e. The molecule has 0 spiro atoms. The Kier molecular flexibility index (Phi) is 9.67. The fourth-order valence-corrected chi connectivity index (χ4v) is 7.87. The van der Waals surface area contributed by atoms with E-state index in [0.717, 1.165) is 24.3 Å². The van der Waals surface area contributed by atoms with Gasteiger partial charge in [-0.1, -0.05) is 26.0 Å². The Morgan fingerprint density at radius 2 is 1.53 bits per heavy atom. The molecule has 1 saturated carbocycles. The van der Waals surface area contributed by atoms with E-state index in [1.807, 2.05) is 32.6 Å². The summed E-state index contributed by atoms with van der Waals surface area (Å²) in [5.74, 6) is -2.40. The van der Waals surface area contributed by atoms with Crippen LogP contribution in [0.5, 0.6) is 5.75 Å². The van der Waals surface area contributed by atoms with Gasteiger partial charge in [-0.2, -0.15) is 13.2 Å². The zero-order chi connectivity index (χ0) is 35.3. The summed E-state index contributed by atoms with van der Waals surface area (Å²) in [4.78, 5) is 16.1. The van der Waals surface area contributed by atoms with E-state index in [-0.39, 0.29) is 54.2 Å². The van der Waals surface area contributed by atoms with Gasteiger partial charge in [0.15, 0.2) is 11.9 Å². The first-order valence-electron chi connectivity index (χ1n) is 17.2. The molecule has 2 fully saturated rings. The molecule has 0 radical (unpaired) electrons. The lowest BCUT2D eigenvalue weighted by atomic mass is 9.68. The number of halogens is 6. The van der Waals surface area contributed by atoms with Crippen LogP contribution in [0.15, 0.2) is 36.7 Å². The highest BCUT2D eigenvalue weighted by molar-refractivity contribution is 5.51. The molecule has 6 rings (SSSR count). The van der Waals surface area contributed by atoms with Crippen LogP contribution >= 0.6 is 0 Å². The Bertz CT molecular complexity index is 1610. The normalized spacial score (nSPS) is 22.2. The maximum atomic E-state index is 17.2. The molecule has 1 aromatic carbocycles. The van der Waals surface area contributed by atoms with Crippen LogP contribution in [-0.2, 0) is 12.6 Å². The molecular formula is C37H44F6N4O2. The summed E-state index contributed by atoms with van der Waals surface area (Å²) in [6, 6.07) is 4.01. The van der Waals surface area contributed by atoms with E-state index in [9.17, 15) is 27.1 Å². The van der Waals surface area contributed by atoms with Crippen LogP contribution in [0.2, 0.25) is 0 Å². The van der Waals surface area contributed by atoms with Gasteiger partial charge in [0, 0.05) is 48.7 Å². The number of nitrogens with zero attached hydrogens (tertiary/aromatic N) is 4. The highest BCUT2D eigenvalue weighted by atomic mass is 19.4. The number of aliphatic hydroxyl groups excluding tert-OH is 1. The van der Waals surface area contributed by atoms with Gasteiger partial charge in [-0.25, -0.2) is 23.1 Å². The van der Waals surface area contributed by atoms with Crippen molar-refractivity contribution < 1.29 is 36.2 Å². The largest absolute Gasteiger partial charge is 0.488 e. The number of benzene rings is 1. The van der Waals surface area contributed by atoms with Gasteiger partial charge in [0.05, 0.1) is 35.9 Å². The monoisotopic (exact) mass is 690 g/mol. The maximum absolute atomic E-state index is 17.2. The summed E-state index contributed by atoms with van der Waals surface area (Å²) in [5, 5.41) is 11.6. The Balaban J connectivity index is 1.42. The average molecular weight is 691 g/mol. The highest BCUT2D eigenvalue weighted by Gasteiger charge is 2.44. The number of fused-ring (bicyclic) bond motifs is 1. The number of aliphatic hydroxyl groups is 1. The highest BCUT2D eigenvalue weighted by Crippen LogP contribution is 2.52. The zero-order valence-corrected chi connectivity index (χ0v) is 28.3. The van der Waals surface area contributed by atoms with E-state index in [2.05, 4.69) is 9.97 Å². The number of aromatic nitrogens is 3. The average Bonchev–Trinajstić information content (AvgIpc) is 3.03. The van der Waals surface area contributed by atoms with Crippen LogP contribution in [0.1, 0.15) is 136 Å². The second-order valence-corrected chi connectivity index (χ2v) is 15.0. The SMILES string of the molecule is CC(C)Oc1cnc(N2CCC(c3nc4c(c(C5CCC(F)(F)CC5)c3C(F)c3ccc(C(F)(F)F)cc3)[C@@H](O)CC(C)(C)C4)CC2)nc1. The van der Waals surface area contributed by atoms with E-state index >= 15 is 4.39 Å². The molecule has 0 amide bonds. The smallest absolute Gasteiger partial charge is 0.416 e. The molecule has 49 heavy (non-hydrogen) atoms. The van der Waals surface area contributed by atoms with Crippen molar-refractivity contribution >= 4 is 5.95 Å². The van der Waals surface area contributed by atoms with Gasteiger partial charge in [0.1, 0.15) is 0 Å². The van der Waals surface area contributed by atoms with Gasteiger partial charge in [-0.3, -0.25) is 4.98 Å². The molecule has 2 atom stereocenters. The van der Waals surface area contributed by atoms with Crippen LogP contribution in [0.3, 0.4) is 0 Å². The fourth-order valence-electron chi connectivity index (χ4n) is 7.87. The van der Waals surface area contributed by atoms with Crippen molar-refractivity contribution in [2.45, 2.75) is 121 Å². The molecule has 3 aromatic rings. The van der Waals surface area contributed by atoms with Crippen molar-refractivity contribution in [1.82, 2.24) is 15.0 Å². The lowest BCUT2D eigenvalue weighted by Gasteiger charge is -2.41. The van der Waals surface area contributed by atoms with Gasteiger partial charge < -0.3 is 14.7 Å². The molecule has 266 valence electrons. The lowest BCUT2D eigenvalue weighted by Crippen LogP contribution is -2.36. The molecule has 1 unspecified atom stereocenters. The zero-order valence-electron chi connectivity index (χ0n) is 28.3. The summed E-state index contributed by atoms with van der Waals surface area (Å²) in [6.07, 6.45) is -2.64. The third kappa shape index (κ3) is 7.68. The molecule has 3 heterocycles. The molecule has 3 aliphatic rings. The number of alkyl halides is 6. The summed E-state index contributed by atoms with van der Waals surface area (Å²) in [7, 11) is 0. The second-order valence-electron chi connectivity index (χ2n) is 15.0. The van der Waals surface area contributed by atoms with E-state index in [0.29, 0.717) is 73.0 Å². The van der Waals surface area contributed by atoms with Crippen molar-refractivity contribution in [3.8, 4) is 5.75 Å². The number of piperidine rings is 1. The van der Waals surface area contributed by atoms with Crippen LogP contribution < -0.4 is 9.64 Å². The van der Waals surface area contributed by atoms with E-state index in [1.54, 1.807) is 12.4 Å². The van der Waals surface area contributed by atoms with Gasteiger partial charge in [0.25, 0.3) is 0 Å². The molecular weight excluding hydrogens is 646 g/mol. The van der Waals surface area contributed by atoms with Crippen LogP contribution in [-0.4, -0.2) is 45.2 Å². The molecule has 0 bridgehead atoms. The van der Waals surface area contributed by atoms with Crippen molar-refractivity contribution in [2.24, 2.45) is 5.41 Å². The minimum atomic E-state index is -4.59. The van der Waals surface area contributed by atoms with Gasteiger partial charge in [-0.15, -0.1) is 0 Å². The molecule has 1 N–H and O–H groups in total. The molecule has 12 heteroatoms. The molecule has 6 nitrogen and oxygen atoms in total. The number of hydrogen-bond acceptors (Lipinski definition) is 6. The third-order valence-corrected chi connectivity index (χ3v) is 10.2. The predicted octanol–water partition coefficient (Wildman–Crippen LogP) is 9.42. The number of anilines is 1. The summed E-state index contributed by atoms with van der Waals surface area (Å²) in [5.41, 5.74) is 1.25. The molecule has 1 saturated heterocycles. The number of hydrogen-bond donors (Lipinski definition) is 1. The van der Waals surface area contributed by atoms with Gasteiger partial charge in [-0.05, 0) is 87.0 Å². The van der Waals surface area contributed by atoms with Crippen LogP contribution in [0.25, 0.3) is 0 Å². The summed E-state index contributed by atoms with van der Waals surface area (Å²) in [6.45, 7) is 8.99. The Morgan fingerprint density at radius 1 is 0.918 bits per heavy atom. The third-order valence-electron chi connectivity index (χ3n) is 10.2. The first kappa shape index (κ1) is 35.4. The Hall–Kier alpha value is -3.41. The van der Waals surface area contributed by atoms with E-state index < -0.39 is 35.9 Å². The molecule has 1 aliphatic heterocycles. The fraction of sp³-hybridized carbons (Fsp3) is 0.595. The van der Waals surface area contributed by atoms with Crippen molar-refractivity contribution in [1.29, 1.82) is 0 Å². The summed E-state index contributed by atoms with van der Waals surface area (Å²) < 4.78 is 92.0. The van der Waals surface area contributed by atoms with Crippen molar-refractivity contribution in [3.05, 3.63) is 75.9 Å². The van der Waals surface area contributed by atoms with Crippen LogP contribution in [0, 0.1) is 5.41 Å².